The minimum atomic E-state index is -0.528. The Hall–Kier alpha value is -1.26. The number of nitrogens with zero attached hydrogens (tertiary/aromatic N) is 1. The standard InChI is InChI=1S/C16H21ClN2O2/c1-10(21-15-5-3-2-4-13(15)17)16(20)19-8-11-6-7-14(18)12(11)9-19/h2-5,10-12,14H,6-9,18H2,1H3. The van der Waals surface area contributed by atoms with Crippen LogP contribution in [0.5, 0.6) is 5.75 Å². The Balaban J connectivity index is 1.62. The molecule has 4 nitrogen and oxygen atoms in total. The molecular formula is C16H21ClN2O2. The van der Waals surface area contributed by atoms with Crippen molar-refractivity contribution >= 4 is 17.5 Å². The van der Waals surface area contributed by atoms with Gasteiger partial charge in [-0.15, -0.1) is 0 Å². The molecule has 2 N–H and O–H groups in total. The van der Waals surface area contributed by atoms with Crippen LogP contribution in [0.25, 0.3) is 0 Å². The van der Waals surface area contributed by atoms with Gasteiger partial charge >= 0.3 is 0 Å². The third-order valence-corrected chi connectivity index (χ3v) is 5.02. The molecule has 0 aromatic heterocycles. The van der Waals surface area contributed by atoms with Crippen LogP contribution in [0.3, 0.4) is 0 Å². The molecule has 1 amide bonds. The molecule has 4 unspecified atom stereocenters. The molecule has 3 rings (SSSR count). The molecule has 0 radical (unpaired) electrons. The van der Waals surface area contributed by atoms with Crippen molar-refractivity contribution in [1.82, 2.24) is 4.90 Å². The maximum absolute atomic E-state index is 12.5. The molecule has 2 fully saturated rings. The van der Waals surface area contributed by atoms with Gasteiger partial charge in [0.1, 0.15) is 5.75 Å². The molecule has 0 bridgehead atoms. The van der Waals surface area contributed by atoms with Gasteiger partial charge in [-0.25, -0.2) is 0 Å². The summed E-state index contributed by atoms with van der Waals surface area (Å²) in [5.74, 6) is 1.60. The molecule has 4 atom stereocenters. The van der Waals surface area contributed by atoms with Crippen molar-refractivity contribution < 1.29 is 9.53 Å². The number of fused-ring (bicyclic) bond motifs is 1. The molecule has 0 spiro atoms. The zero-order valence-corrected chi connectivity index (χ0v) is 12.9. The maximum Gasteiger partial charge on any atom is 0.263 e. The molecule has 5 heteroatoms. The van der Waals surface area contributed by atoms with Gasteiger partial charge in [0.25, 0.3) is 5.91 Å². The minimum absolute atomic E-state index is 0.0246. The third-order valence-electron chi connectivity index (χ3n) is 4.71. The van der Waals surface area contributed by atoms with E-state index in [0.717, 1.165) is 25.9 Å². The van der Waals surface area contributed by atoms with Crippen molar-refractivity contribution in [3.63, 3.8) is 0 Å². The Kier molecular flexibility index (Phi) is 4.09. The first-order valence-electron chi connectivity index (χ1n) is 7.52. The number of rotatable bonds is 3. The van der Waals surface area contributed by atoms with Crippen LogP contribution in [0.2, 0.25) is 5.02 Å². The molecule has 1 aliphatic carbocycles. The van der Waals surface area contributed by atoms with E-state index < -0.39 is 6.10 Å². The van der Waals surface area contributed by atoms with Crippen molar-refractivity contribution in [2.45, 2.75) is 31.9 Å². The van der Waals surface area contributed by atoms with E-state index >= 15 is 0 Å². The SMILES string of the molecule is CC(Oc1ccccc1Cl)C(=O)N1CC2CCC(N)C2C1. The summed E-state index contributed by atoms with van der Waals surface area (Å²) >= 11 is 6.06. The van der Waals surface area contributed by atoms with Gasteiger partial charge in [0.05, 0.1) is 5.02 Å². The summed E-state index contributed by atoms with van der Waals surface area (Å²) in [6, 6.07) is 7.46. The van der Waals surface area contributed by atoms with Crippen molar-refractivity contribution in [3.05, 3.63) is 29.3 Å². The zero-order chi connectivity index (χ0) is 15.0. The predicted molar refractivity (Wildman–Crippen MR) is 82.3 cm³/mol. The zero-order valence-electron chi connectivity index (χ0n) is 12.2. The van der Waals surface area contributed by atoms with E-state index in [2.05, 4.69) is 0 Å². The Morgan fingerprint density at radius 3 is 2.86 bits per heavy atom. The largest absolute Gasteiger partial charge is 0.479 e. The number of likely N-dealkylation sites (tertiary alicyclic amines) is 1. The number of nitrogens with two attached hydrogens (primary N) is 1. The summed E-state index contributed by atoms with van der Waals surface area (Å²) < 4.78 is 5.71. The quantitative estimate of drug-likeness (QED) is 0.932. The van der Waals surface area contributed by atoms with E-state index in [4.69, 9.17) is 22.1 Å². The van der Waals surface area contributed by atoms with Gasteiger partial charge in [-0.2, -0.15) is 0 Å². The first-order chi connectivity index (χ1) is 10.1. The first-order valence-corrected chi connectivity index (χ1v) is 7.89. The van der Waals surface area contributed by atoms with Gasteiger partial charge < -0.3 is 15.4 Å². The van der Waals surface area contributed by atoms with Gasteiger partial charge in [0.2, 0.25) is 0 Å². The second kappa shape index (κ2) is 5.85. The third kappa shape index (κ3) is 2.87. The fourth-order valence-corrected chi connectivity index (χ4v) is 3.71. The highest BCUT2D eigenvalue weighted by Crippen LogP contribution is 2.37. The van der Waals surface area contributed by atoms with E-state index in [1.807, 2.05) is 17.0 Å². The number of carbonyl (C=O) groups excluding carboxylic acids is 1. The van der Waals surface area contributed by atoms with E-state index in [9.17, 15) is 4.79 Å². The topological polar surface area (TPSA) is 55.6 Å². The van der Waals surface area contributed by atoms with Gasteiger partial charge in [0.15, 0.2) is 6.10 Å². The summed E-state index contributed by atoms with van der Waals surface area (Å²) in [4.78, 5) is 14.4. The van der Waals surface area contributed by atoms with E-state index in [-0.39, 0.29) is 11.9 Å². The van der Waals surface area contributed by atoms with Crippen molar-refractivity contribution in [1.29, 1.82) is 0 Å². The lowest BCUT2D eigenvalue weighted by Crippen LogP contribution is -2.40. The van der Waals surface area contributed by atoms with Gasteiger partial charge in [-0.1, -0.05) is 23.7 Å². The number of benzene rings is 1. The van der Waals surface area contributed by atoms with Crippen molar-refractivity contribution in [2.75, 3.05) is 13.1 Å². The van der Waals surface area contributed by atoms with Crippen LogP contribution in [0, 0.1) is 11.8 Å². The molecule has 1 aromatic rings. The number of hydrogen-bond donors (Lipinski definition) is 1. The lowest BCUT2D eigenvalue weighted by Gasteiger charge is -2.23. The molecule has 21 heavy (non-hydrogen) atoms. The van der Waals surface area contributed by atoms with Crippen LogP contribution < -0.4 is 10.5 Å². The molecule has 1 aromatic carbocycles. The number of amides is 1. The average Bonchev–Trinajstić information content (AvgIpc) is 3.03. The minimum Gasteiger partial charge on any atom is -0.479 e. The van der Waals surface area contributed by atoms with Crippen molar-refractivity contribution in [3.8, 4) is 5.75 Å². The molecule has 1 heterocycles. The first kappa shape index (κ1) is 14.7. The number of hydrogen-bond acceptors (Lipinski definition) is 3. The summed E-state index contributed by atoms with van der Waals surface area (Å²) in [6.07, 6.45) is 1.69. The molecule has 2 aliphatic rings. The highest BCUT2D eigenvalue weighted by Gasteiger charge is 2.43. The van der Waals surface area contributed by atoms with Crippen LogP contribution in [0.15, 0.2) is 24.3 Å². The fraction of sp³-hybridized carbons (Fsp3) is 0.562. The fourth-order valence-electron chi connectivity index (χ4n) is 3.53. The van der Waals surface area contributed by atoms with Crippen LogP contribution in [0.1, 0.15) is 19.8 Å². The number of halogens is 1. The van der Waals surface area contributed by atoms with E-state index in [1.54, 1.807) is 19.1 Å². The highest BCUT2D eigenvalue weighted by molar-refractivity contribution is 6.32. The van der Waals surface area contributed by atoms with Crippen LogP contribution in [-0.2, 0) is 4.79 Å². The van der Waals surface area contributed by atoms with Crippen LogP contribution in [0.4, 0.5) is 0 Å². The second-order valence-corrected chi connectivity index (χ2v) is 6.51. The summed E-state index contributed by atoms with van der Waals surface area (Å²) in [5.41, 5.74) is 6.12. The van der Waals surface area contributed by atoms with Gasteiger partial charge in [-0.05, 0) is 43.7 Å². The van der Waals surface area contributed by atoms with Gasteiger partial charge in [0, 0.05) is 19.1 Å². The number of para-hydroxylation sites is 1. The van der Waals surface area contributed by atoms with Crippen molar-refractivity contribution in [2.24, 2.45) is 17.6 Å². The molecular weight excluding hydrogens is 288 g/mol. The molecule has 114 valence electrons. The van der Waals surface area contributed by atoms with Crippen LogP contribution in [-0.4, -0.2) is 36.0 Å². The van der Waals surface area contributed by atoms with Crippen LogP contribution >= 0.6 is 11.6 Å². The summed E-state index contributed by atoms with van der Waals surface area (Å²) in [7, 11) is 0. The summed E-state index contributed by atoms with van der Waals surface area (Å²) in [6.45, 7) is 3.36. The monoisotopic (exact) mass is 308 g/mol. The predicted octanol–water partition coefficient (Wildman–Crippen LogP) is 2.30. The number of carbonyl (C=O) groups is 1. The Labute approximate surface area is 130 Å². The molecule has 1 saturated heterocycles. The maximum atomic E-state index is 12.5. The Bertz CT molecular complexity index is 537. The van der Waals surface area contributed by atoms with Gasteiger partial charge in [-0.3, -0.25) is 4.79 Å². The second-order valence-electron chi connectivity index (χ2n) is 6.10. The molecule has 1 aliphatic heterocycles. The average molecular weight is 309 g/mol. The number of ether oxygens (including phenoxy) is 1. The Morgan fingerprint density at radius 1 is 1.38 bits per heavy atom. The van der Waals surface area contributed by atoms with E-state index in [1.165, 1.54) is 0 Å². The Morgan fingerprint density at radius 2 is 2.14 bits per heavy atom. The smallest absolute Gasteiger partial charge is 0.263 e. The normalized spacial score (nSPS) is 29.3. The van der Waals surface area contributed by atoms with E-state index in [0.29, 0.717) is 22.6 Å². The molecule has 1 saturated carbocycles. The summed E-state index contributed by atoms with van der Waals surface area (Å²) in [5, 5.41) is 0.525. The lowest BCUT2D eigenvalue weighted by molar-refractivity contribution is -0.137. The lowest BCUT2D eigenvalue weighted by atomic mass is 9.98. The highest BCUT2D eigenvalue weighted by atomic mass is 35.5.